The highest BCUT2D eigenvalue weighted by Crippen LogP contribution is 2.25. The molecule has 0 saturated carbocycles. The van der Waals surface area contributed by atoms with Crippen LogP contribution in [0.2, 0.25) is 0 Å². The number of thioether (sulfide) groups is 1. The quantitative estimate of drug-likeness (QED) is 0.782. The first-order valence-electron chi connectivity index (χ1n) is 4.61. The van der Waals surface area contributed by atoms with Crippen molar-refractivity contribution < 1.29 is 13.6 Å². The van der Waals surface area contributed by atoms with E-state index in [1.165, 1.54) is 0 Å². The molecule has 1 aromatic rings. The van der Waals surface area contributed by atoms with E-state index in [4.69, 9.17) is 0 Å². The maximum Gasteiger partial charge on any atom is 0.288 e. The maximum atomic E-state index is 12.0. The van der Waals surface area contributed by atoms with Crippen LogP contribution in [0.15, 0.2) is 29.2 Å². The van der Waals surface area contributed by atoms with Crippen LogP contribution in [0.1, 0.15) is 0 Å². The Hall–Kier alpha value is -1.14. The Morgan fingerprint density at radius 1 is 1.38 bits per heavy atom. The fourth-order valence-electron chi connectivity index (χ4n) is 1.09. The lowest BCUT2D eigenvalue weighted by molar-refractivity contribution is -0.115. The molecular weight excluding hydrogens is 234 g/mol. The van der Waals surface area contributed by atoms with Gasteiger partial charge in [0.05, 0.1) is 6.54 Å². The number of nitrogens with one attached hydrogen (secondary N) is 2. The van der Waals surface area contributed by atoms with E-state index in [2.05, 4.69) is 10.6 Å². The minimum atomic E-state index is -2.43. The van der Waals surface area contributed by atoms with E-state index in [1.54, 1.807) is 31.3 Å². The predicted octanol–water partition coefficient (Wildman–Crippen LogP) is 2.16. The Kier molecular flexibility index (Phi) is 5.21. The average Bonchev–Trinajstić information content (AvgIpc) is 2.20. The van der Waals surface area contributed by atoms with Crippen molar-refractivity contribution in [3.05, 3.63) is 24.3 Å². The van der Waals surface area contributed by atoms with Crippen LogP contribution in [0.25, 0.3) is 0 Å². The topological polar surface area (TPSA) is 41.1 Å². The molecule has 1 aromatic carbocycles. The number of benzene rings is 1. The summed E-state index contributed by atoms with van der Waals surface area (Å²) in [5.41, 5.74) is 0.596. The Morgan fingerprint density at radius 2 is 2.00 bits per heavy atom. The smallest absolute Gasteiger partial charge is 0.288 e. The first kappa shape index (κ1) is 12.9. The second-order valence-electron chi connectivity index (χ2n) is 2.98. The highest BCUT2D eigenvalue weighted by molar-refractivity contribution is 7.99. The number of anilines is 1. The molecule has 0 radical (unpaired) electrons. The van der Waals surface area contributed by atoms with E-state index in [-0.39, 0.29) is 12.5 Å². The van der Waals surface area contributed by atoms with Crippen molar-refractivity contribution in [2.45, 2.75) is 10.7 Å². The van der Waals surface area contributed by atoms with Crippen LogP contribution in [0, 0.1) is 0 Å². The summed E-state index contributed by atoms with van der Waals surface area (Å²) in [4.78, 5) is 11.7. The zero-order chi connectivity index (χ0) is 12.0. The summed E-state index contributed by atoms with van der Waals surface area (Å²) < 4.78 is 24.0. The van der Waals surface area contributed by atoms with Gasteiger partial charge in [-0.15, -0.1) is 0 Å². The normalized spacial score (nSPS) is 10.5. The van der Waals surface area contributed by atoms with E-state index in [1.807, 2.05) is 0 Å². The molecule has 88 valence electrons. The van der Waals surface area contributed by atoms with Gasteiger partial charge >= 0.3 is 0 Å². The van der Waals surface area contributed by atoms with Crippen molar-refractivity contribution in [2.24, 2.45) is 0 Å². The lowest BCUT2D eigenvalue weighted by Crippen LogP contribution is -2.24. The van der Waals surface area contributed by atoms with Crippen LogP contribution in [-0.2, 0) is 4.79 Å². The number of alkyl halides is 2. The molecule has 1 rings (SSSR count). The van der Waals surface area contributed by atoms with E-state index < -0.39 is 5.76 Å². The zero-order valence-electron chi connectivity index (χ0n) is 8.67. The molecule has 0 unspecified atom stereocenters. The SMILES string of the molecule is CNCC(=O)Nc1ccc(SC(F)F)cc1. The Morgan fingerprint density at radius 3 is 2.50 bits per heavy atom. The Bertz CT molecular complexity index is 343. The number of likely N-dealkylation sites (N-methyl/N-ethyl adjacent to an activating group) is 1. The molecule has 0 atom stereocenters. The molecular formula is C10H12F2N2OS. The summed E-state index contributed by atoms with van der Waals surface area (Å²) in [6, 6.07) is 6.29. The third kappa shape index (κ3) is 4.59. The number of hydrogen-bond acceptors (Lipinski definition) is 3. The van der Waals surface area contributed by atoms with Crippen molar-refractivity contribution >= 4 is 23.4 Å². The van der Waals surface area contributed by atoms with Gasteiger partial charge in [0.1, 0.15) is 0 Å². The van der Waals surface area contributed by atoms with Gasteiger partial charge in [-0.2, -0.15) is 8.78 Å². The third-order valence-corrected chi connectivity index (χ3v) is 2.42. The van der Waals surface area contributed by atoms with E-state index in [9.17, 15) is 13.6 Å². The Balaban J connectivity index is 2.54. The van der Waals surface area contributed by atoms with Crippen LogP contribution in [-0.4, -0.2) is 25.3 Å². The second-order valence-corrected chi connectivity index (χ2v) is 4.04. The van der Waals surface area contributed by atoms with Crippen LogP contribution in [0.4, 0.5) is 14.5 Å². The molecule has 0 aliphatic rings. The maximum absolute atomic E-state index is 12.0. The highest BCUT2D eigenvalue weighted by Gasteiger charge is 2.05. The van der Waals surface area contributed by atoms with Crippen LogP contribution < -0.4 is 10.6 Å². The zero-order valence-corrected chi connectivity index (χ0v) is 9.48. The largest absolute Gasteiger partial charge is 0.325 e. The monoisotopic (exact) mass is 246 g/mol. The molecule has 3 nitrogen and oxygen atoms in total. The summed E-state index contributed by atoms with van der Waals surface area (Å²) in [6.07, 6.45) is 0. The number of rotatable bonds is 5. The van der Waals surface area contributed by atoms with E-state index >= 15 is 0 Å². The molecule has 0 aliphatic heterocycles. The molecule has 0 aromatic heterocycles. The van der Waals surface area contributed by atoms with Crippen molar-refractivity contribution in [1.29, 1.82) is 0 Å². The standard InChI is InChI=1S/C10H12F2N2OS/c1-13-6-9(15)14-7-2-4-8(5-3-7)16-10(11)12/h2-5,10,13H,6H2,1H3,(H,14,15). The molecule has 0 saturated heterocycles. The predicted molar refractivity (Wildman–Crippen MR) is 60.9 cm³/mol. The Labute approximate surface area is 96.6 Å². The van der Waals surface area contributed by atoms with Crippen molar-refractivity contribution in [3.63, 3.8) is 0 Å². The summed E-state index contributed by atoms with van der Waals surface area (Å²) in [6.45, 7) is 0.216. The number of amides is 1. The van der Waals surface area contributed by atoms with Crippen molar-refractivity contribution in [3.8, 4) is 0 Å². The number of hydrogen-bond donors (Lipinski definition) is 2. The minimum absolute atomic E-state index is 0.170. The first-order valence-corrected chi connectivity index (χ1v) is 5.49. The molecule has 2 N–H and O–H groups in total. The van der Waals surface area contributed by atoms with E-state index in [0.29, 0.717) is 22.3 Å². The average molecular weight is 246 g/mol. The van der Waals surface area contributed by atoms with Gasteiger partial charge in [0.2, 0.25) is 5.91 Å². The summed E-state index contributed by atoms with van der Waals surface area (Å²) in [5, 5.41) is 5.34. The molecule has 0 fully saturated rings. The van der Waals surface area contributed by atoms with Crippen LogP contribution >= 0.6 is 11.8 Å². The molecule has 1 amide bonds. The van der Waals surface area contributed by atoms with Gasteiger partial charge < -0.3 is 10.6 Å². The van der Waals surface area contributed by atoms with Gasteiger partial charge in [0, 0.05) is 10.6 Å². The molecule has 0 bridgehead atoms. The fourth-order valence-corrected chi connectivity index (χ4v) is 1.58. The van der Waals surface area contributed by atoms with Gasteiger partial charge in [-0.3, -0.25) is 4.79 Å². The molecule has 6 heteroatoms. The number of carbonyl (C=O) groups excluding carboxylic acids is 1. The molecule has 0 heterocycles. The second kappa shape index (κ2) is 6.44. The van der Waals surface area contributed by atoms with Crippen molar-refractivity contribution in [1.82, 2.24) is 5.32 Å². The first-order chi connectivity index (χ1) is 7.61. The van der Waals surface area contributed by atoms with E-state index in [0.717, 1.165) is 0 Å². The van der Waals surface area contributed by atoms with Gasteiger partial charge in [-0.1, -0.05) is 11.8 Å². The molecule has 0 spiro atoms. The van der Waals surface area contributed by atoms with Gasteiger partial charge in [-0.25, -0.2) is 0 Å². The van der Waals surface area contributed by atoms with Gasteiger partial charge in [-0.05, 0) is 31.3 Å². The molecule has 0 aliphatic carbocycles. The highest BCUT2D eigenvalue weighted by atomic mass is 32.2. The fraction of sp³-hybridized carbons (Fsp3) is 0.300. The summed E-state index contributed by atoms with van der Waals surface area (Å²) in [5.74, 6) is -2.60. The third-order valence-electron chi connectivity index (χ3n) is 1.70. The lowest BCUT2D eigenvalue weighted by Gasteiger charge is -2.05. The molecule has 16 heavy (non-hydrogen) atoms. The minimum Gasteiger partial charge on any atom is -0.325 e. The van der Waals surface area contributed by atoms with Gasteiger partial charge in [0.15, 0.2) is 0 Å². The number of carbonyl (C=O) groups is 1. The van der Waals surface area contributed by atoms with Crippen molar-refractivity contribution in [2.75, 3.05) is 18.9 Å². The van der Waals surface area contributed by atoms with Crippen LogP contribution in [0.3, 0.4) is 0 Å². The van der Waals surface area contributed by atoms with Crippen LogP contribution in [0.5, 0.6) is 0 Å². The van der Waals surface area contributed by atoms with Gasteiger partial charge in [0.25, 0.3) is 5.76 Å². The summed E-state index contributed by atoms with van der Waals surface area (Å²) >= 11 is 0.478. The summed E-state index contributed by atoms with van der Waals surface area (Å²) in [7, 11) is 1.67. The lowest BCUT2D eigenvalue weighted by atomic mass is 10.3. The number of halogens is 2.